The smallest absolute Gasteiger partial charge is 0.256 e. The van der Waals surface area contributed by atoms with Crippen molar-refractivity contribution in [2.75, 3.05) is 5.32 Å². The van der Waals surface area contributed by atoms with Crippen LogP contribution in [-0.2, 0) is 5.54 Å². The topological polar surface area (TPSA) is 106 Å². The number of nitrogens with one attached hydrogen (secondary N) is 1. The van der Waals surface area contributed by atoms with Crippen molar-refractivity contribution in [1.29, 1.82) is 0 Å². The molecule has 0 aliphatic heterocycles. The number of phenols is 1. The summed E-state index contributed by atoms with van der Waals surface area (Å²) in [6.45, 7) is 8.15. The Kier molecular flexibility index (Phi) is 4.88. The highest BCUT2D eigenvalue weighted by molar-refractivity contribution is 6.12. The van der Waals surface area contributed by atoms with Crippen molar-refractivity contribution in [3.63, 3.8) is 0 Å². The summed E-state index contributed by atoms with van der Waals surface area (Å²) in [6.07, 6.45) is 5.31. The van der Waals surface area contributed by atoms with Gasteiger partial charge in [0.05, 0.1) is 40.3 Å². The fraction of sp³-hybridized carbons (Fsp3) is 0.320. The molecule has 1 aliphatic carbocycles. The van der Waals surface area contributed by atoms with Crippen LogP contribution in [0.4, 0.5) is 5.69 Å². The number of carbonyl (C=O) groups excluding carboxylic acids is 1. The van der Waals surface area contributed by atoms with Crippen LogP contribution in [0.3, 0.4) is 0 Å². The van der Waals surface area contributed by atoms with E-state index in [2.05, 4.69) is 36.1 Å². The summed E-state index contributed by atoms with van der Waals surface area (Å²) < 4.78 is 1.91. The van der Waals surface area contributed by atoms with Gasteiger partial charge in [0.15, 0.2) is 11.5 Å². The van der Waals surface area contributed by atoms with Gasteiger partial charge in [-0.2, -0.15) is 5.10 Å². The molecule has 0 spiro atoms. The number of hydrogen-bond acceptors (Lipinski definition) is 6. The van der Waals surface area contributed by atoms with E-state index in [1.807, 2.05) is 23.7 Å². The average Bonchev–Trinajstić information content (AvgIpc) is 3.56. The van der Waals surface area contributed by atoms with E-state index in [-0.39, 0.29) is 17.2 Å². The van der Waals surface area contributed by atoms with Gasteiger partial charge >= 0.3 is 0 Å². The number of rotatable bonds is 4. The molecule has 5 rings (SSSR count). The Hall–Kier alpha value is -3.81. The highest BCUT2D eigenvalue weighted by Gasteiger charge is 2.30. The number of aromatic hydroxyl groups is 1. The molecule has 33 heavy (non-hydrogen) atoms. The molecule has 3 heterocycles. The van der Waals surface area contributed by atoms with E-state index in [0.29, 0.717) is 28.6 Å². The van der Waals surface area contributed by atoms with Gasteiger partial charge in [-0.1, -0.05) is 12.1 Å². The number of hydrogen-bond donors (Lipinski definition) is 2. The van der Waals surface area contributed by atoms with Gasteiger partial charge < -0.3 is 10.4 Å². The Labute approximate surface area is 191 Å². The first-order valence-electron chi connectivity index (χ1n) is 11.0. The van der Waals surface area contributed by atoms with Crippen LogP contribution in [0.5, 0.6) is 5.75 Å². The minimum absolute atomic E-state index is 0.146. The zero-order valence-electron chi connectivity index (χ0n) is 19.1. The van der Waals surface area contributed by atoms with E-state index in [1.54, 1.807) is 30.6 Å². The summed E-state index contributed by atoms with van der Waals surface area (Å²) in [5.41, 5.74) is 3.94. The standard InChI is InChI=1S/C25H26N6O2/c1-14-21-19(11-20(15-8-9-15)29-23(21)31(30-14)25(2,3)4)24(33)28-17-12-26-22(27-13-17)16-6-5-7-18(32)10-16/h5-7,10-13,15,32H,8-9H2,1-4H3,(H,28,33). The number of nitrogens with zero attached hydrogens (tertiary/aromatic N) is 5. The average molecular weight is 443 g/mol. The first kappa shape index (κ1) is 21.1. The highest BCUT2D eigenvalue weighted by atomic mass is 16.3. The number of benzene rings is 1. The number of amides is 1. The SMILES string of the molecule is Cc1nn(C(C)(C)C)c2nc(C3CC3)cc(C(=O)Nc3cnc(-c4cccc(O)c4)nc3)c12. The van der Waals surface area contributed by atoms with Gasteiger partial charge in [-0.05, 0) is 58.7 Å². The number of aryl methyl sites for hydroxylation is 1. The van der Waals surface area contributed by atoms with Crippen molar-refractivity contribution in [2.45, 2.75) is 52.0 Å². The summed E-state index contributed by atoms with van der Waals surface area (Å²) in [7, 11) is 0. The fourth-order valence-electron chi connectivity index (χ4n) is 3.93. The molecule has 3 aromatic heterocycles. The number of aromatic nitrogens is 5. The van der Waals surface area contributed by atoms with Crippen LogP contribution in [0.15, 0.2) is 42.7 Å². The summed E-state index contributed by atoms with van der Waals surface area (Å²) >= 11 is 0. The third-order valence-electron chi connectivity index (χ3n) is 5.72. The molecule has 0 bridgehead atoms. The molecule has 1 aromatic carbocycles. The molecule has 0 saturated heterocycles. The van der Waals surface area contributed by atoms with Crippen molar-refractivity contribution >= 4 is 22.6 Å². The minimum Gasteiger partial charge on any atom is -0.508 e. The van der Waals surface area contributed by atoms with Crippen molar-refractivity contribution < 1.29 is 9.90 Å². The number of fused-ring (bicyclic) bond motifs is 1. The number of anilines is 1. The third-order valence-corrected chi connectivity index (χ3v) is 5.72. The highest BCUT2D eigenvalue weighted by Crippen LogP contribution is 2.41. The fourth-order valence-corrected chi connectivity index (χ4v) is 3.93. The molecular weight excluding hydrogens is 416 g/mol. The Bertz CT molecular complexity index is 1360. The van der Waals surface area contributed by atoms with Crippen LogP contribution in [0.1, 0.15) is 61.3 Å². The van der Waals surface area contributed by atoms with Crippen molar-refractivity contribution in [1.82, 2.24) is 24.7 Å². The maximum atomic E-state index is 13.4. The predicted molar refractivity (Wildman–Crippen MR) is 126 cm³/mol. The maximum absolute atomic E-state index is 13.4. The lowest BCUT2D eigenvalue weighted by Crippen LogP contribution is -2.23. The normalized spacial score (nSPS) is 13.9. The molecule has 168 valence electrons. The lowest BCUT2D eigenvalue weighted by molar-refractivity contribution is 0.102. The van der Waals surface area contributed by atoms with Crippen LogP contribution < -0.4 is 5.32 Å². The molecule has 4 aromatic rings. The first-order chi connectivity index (χ1) is 15.7. The molecule has 8 heteroatoms. The lowest BCUT2D eigenvalue weighted by atomic mass is 10.1. The third kappa shape index (κ3) is 4.04. The van der Waals surface area contributed by atoms with E-state index in [0.717, 1.165) is 35.3 Å². The molecule has 2 N–H and O–H groups in total. The Morgan fingerprint density at radius 2 is 1.88 bits per heavy atom. The Balaban J connectivity index is 1.50. The van der Waals surface area contributed by atoms with Gasteiger partial charge in [0.1, 0.15) is 5.75 Å². The molecular formula is C25H26N6O2. The van der Waals surface area contributed by atoms with E-state index < -0.39 is 0 Å². The second kappa shape index (κ2) is 7.65. The van der Waals surface area contributed by atoms with Gasteiger partial charge in [-0.25, -0.2) is 19.6 Å². The van der Waals surface area contributed by atoms with Crippen LogP contribution in [-0.4, -0.2) is 35.7 Å². The van der Waals surface area contributed by atoms with E-state index in [1.165, 1.54) is 0 Å². The summed E-state index contributed by atoms with van der Waals surface area (Å²) in [5, 5.41) is 18.1. The van der Waals surface area contributed by atoms with Gasteiger partial charge in [0.25, 0.3) is 5.91 Å². The van der Waals surface area contributed by atoms with Gasteiger partial charge in [0, 0.05) is 17.2 Å². The molecule has 1 fully saturated rings. The lowest BCUT2D eigenvalue weighted by Gasteiger charge is -2.20. The van der Waals surface area contributed by atoms with Gasteiger partial charge in [-0.15, -0.1) is 0 Å². The second-order valence-corrected chi connectivity index (χ2v) is 9.54. The minimum atomic E-state index is -0.259. The van der Waals surface area contributed by atoms with Crippen LogP contribution in [0.2, 0.25) is 0 Å². The van der Waals surface area contributed by atoms with E-state index in [4.69, 9.17) is 10.1 Å². The molecule has 8 nitrogen and oxygen atoms in total. The Morgan fingerprint density at radius 1 is 1.15 bits per heavy atom. The van der Waals surface area contributed by atoms with Crippen molar-refractivity contribution in [3.05, 3.63) is 59.7 Å². The van der Waals surface area contributed by atoms with Crippen molar-refractivity contribution in [3.8, 4) is 17.1 Å². The predicted octanol–water partition coefficient (Wildman–Crippen LogP) is 4.79. The largest absolute Gasteiger partial charge is 0.508 e. The van der Waals surface area contributed by atoms with E-state index in [9.17, 15) is 9.90 Å². The summed E-state index contributed by atoms with van der Waals surface area (Å²) in [4.78, 5) is 27.0. The zero-order chi connectivity index (χ0) is 23.3. The molecule has 0 atom stereocenters. The zero-order valence-corrected chi connectivity index (χ0v) is 19.1. The number of carbonyl (C=O) groups is 1. The van der Waals surface area contributed by atoms with Crippen LogP contribution in [0, 0.1) is 6.92 Å². The quantitative estimate of drug-likeness (QED) is 0.471. The second-order valence-electron chi connectivity index (χ2n) is 9.54. The first-order valence-corrected chi connectivity index (χ1v) is 11.0. The molecule has 1 aliphatic rings. The van der Waals surface area contributed by atoms with E-state index >= 15 is 0 Å². The van der Waals surface area contributed by atoms with Crippen LogP contribution >= 0.6 is 0 Å². The van der Waals surface area contributed by atoms with Gasteiger partial charge in [-0.3, -0.25) is 4.79 Å². The summed E-state index contributed by atoms with van der Waals surface area (Å²) in [5.74, 6) is 0.769. The number of pyridine rings is 1. The Morgan fingerprint density at radius 3 is 2.52 bits per heavy atom. The number of phenolic OH excluding ortho intramolecular Hbond substituents is 1. The maximum Gasteiger partial charge on any atom is 0.256 e. The van der Waals surface area contributed by atoms with Gasteiger partial charge in [0.2, 0.25) is 0 Å². The molecule has 0 radical (unpaired) electrons. The van der Waals surface area contributed by atoms with Crippen molar-refractivity contribution in [2.24, 2.45) is 0 Å². The monoisotopic (exact) mass is 442 g/mol. The van der Waals surface area contributed by atoms with Crippen LogP contribution in [0.25, 0.3) is 22.4 Å². The molecule has 1 saturated carbocycles. The molecule has 0 unspecified atom stereocenters. The molecule has 1 amide bonds. The summed E-state index contributed by atoms with van der Waals surface area (Å²) in [6, 6.07) is 8.63.